The zero-order chi connectivity index (χ0) is 21.8. The van der Waals surface area contributed by atoms with Crippen molar-refractivity contribution in [3.63, 3.8) is 0 Å². The van der Waals surface area contributed by atoms with Crippen LogP contribution in [-0.4, -0.2) is 41.3 Å². The summed E-state index contributed by atoms with van der Waals surface area (Å²) in [6, 6.07) is 0. The maximum atomic E-state index is 12.1. The summed E-state index contributed by atoms with van der Waals surface area (Å²) in [7, 11) is 1.43. The van der Waals surface area contributed by atoms with Crippen LogP contribution >= 0.6 is 0 Å². The van der Waals surface area contributed by atoms with Gasteiger partial charge in [-0.1, -0.05) is 20.8 Å². The average Bonchev–Trinajstić information content (AvgIpc) is 3.06. The third-order valence-corrected chi connectivity index (χ3v) is 10.4. The van der Waals surface area contributed by atoms with Gasteiger partial charge in [-0.05, 0) is 84.9 Å². The number of ketones is 1. The Bertz CT molecular complexity index is 691. The van der Waals surface area contributed by atoms with Crippen molar-refractivity contribution in [2.75, 3.05) is 7.11 Å². The molecule has 5 heteroatoms. The highest BCUT2D eigenvalue weighted by atomic mass is 16.5. The van der Waals surface area contributed by atoms with Crippen molar-refractivity contribution in [2.24, 2.45) is 46.3 Å². The number of esters is 1. The SMILES string of the molecule is COC(=O)CC[C@@H](C)[C@H]1CC[C@H]2[C@@H]3[C@H](O)C[C@@H]4CC(=O)CC[C@]4(C)[C@H]3C[C@H](O)[C@]12C. The van der Waals surface area contributed by atoms with Crippen molar-refractivity contribution in [1.82, 2.24) is 0 Å². The molecule has 170 valence electrons. The normalized spacial score (nSPS) is 49.0. The maximum absolute atomic E-state index is 12.1. The molecule has 4 aliphatic rings. The highest BCUT2D eigenvalue weighted by Gasteiger charge is 2.65. The van der Waals surface area contributed by atoms with Crippen LogP contribution in [0.5, 0.6) is 0 Å². The lowest BCUT2D eigenvalue weighted by molar-refractivity contribution is -0.201. The van der Waals surface area contributed by atoms with E-state index in [0.717, 1.165) is 38.5 Å². The number of hydrogen-bond donors (Lipinski definition) is 2. The van der Waals surface area contributed by atoms with Crippen molar-refractivity contribution in [3.8, 4) is 0 Å². The molecule has 10 atom stereocenters. The van der Waals surface area contributed by atoms with Crippen molar-refractivity contribution in [2.45, 2.75) is 90.8 Å². The molecular weight excluding hydrogens is 380 g/mol. The first-order chi connectivity index (χ1) is 14.1. The Balaban J connectivity index is 1.58. The third kappa shape index (κ3) is 3.26. The van der Waals surface area contributed by atoms with Crippen molar-refractivity contribution in [3.05, 3.63) is 0 Å². The Morgan fingerprint density at radius 1 is 1.20 bits per heavy atom. The van der Waals surface area contributed by atoms with Gasteiger partial charge in [0, 0.05) is 19.3 Å². The Labute approximate surface area is 180 Å². The molecule has 30 heavy (non-hydrogen) atoms. The standard InChI is InChI=1S/C25H40O5/c1-14(5-8-22(29)30-4)17-6-7-18-23-19(13-21(28)25(17,18)3)24(2)10-9-16(26)11-15(24)12-20(23)27/h14-15,17-21,23,27-28H,5-13H2,1-4H3/t14-,15+,17-,18+,19+,20-,21+,23+,24+,25-/m1/s1. The molecular formula is C25H40O5. The topological polar surface area (TPSA) is 83.8 Å². The first-order valence-electron chi connectivity index (χ1n) is 12.1. The summed E-state index contributed by atoms with van der Waals surface area (Å²) in [5.41, 5.74) is -0.167. The molecule has 0 amide bonds. The van der Waals surface area contributed by atoms with E-state index in [1.54, 1.807) is 0 Å². The van der Waals surface area contributed by atoms with Gasteiger partial charge in [0.2, 0.25) is 0 Å². The zero-order valence-corrected chi connectivity index (χ0v) is 19.1. The Morgan fingerprint density at radius 3 is 2.63 bits per heavy atom. The fourth-order valence-electron chi connectivity index (χ4n) is 8.59. The van der Waals surface area contributed by atoms with Gasteiger partial charge < -0.3 is 14.9 Å². The van der Waals surface area contributed by atoms with Gasteiger partial charge in [-0.2, -0.15) is 0 Å². The number of rotatable bonds is 4. The number of carbonyl (C=O) groups is 2. The lowest BCUT2D eigenvalue weighted by atomic mass is 9.43. The maximum Gasteiger partial charge on any atom is 0.305 e. The molecule has 4 saturated carbocycles. The van der Waals surface area contributed by atoms with Gasteiger partial charge in [-0.25, -0.2) is 0 Å². The van der Waals surface area contributed by atoms with Crippen molar-refractivity contribution in [1.29, 1.82) is 0 Å². The van der Waals surface area contributed by atoms with Crippen LogP contribution in [0.2, 0.25) is 0 Å². The number of methoxy groups -OCH3 is 1. The Kier molecular flexibility index (Phi) is 5.85. The Morgan fingerprint density at radius 2 is 1.93 bits per heavy atom. The van der Waals surface area contributed by atoms with Crippen LogP contribution in [0.4, 0.5) is 0 Å². The second-order valence-electron chi connectivity index (χ2n) is 11.4. The van der Waals surface area contributed by atoms with Crippen molar-refractivity contribution >= 4 is 11.8 Å². The second-order valence-corrected chi connectivity index (χ2v) is 11.4. The summed E-state index contributed by atoms with van der Waals surface area (Å²) in [6.45, 7) is 6.78. The number of aliphatic hydroxyl groups is 2. The van der Waals surface area contributed by atoms with Gasteiger partial charge in [-0.15, -0.1) is 0 Å². The summed E-state index contributed by atoms with van der Waals surface area (Å²) < 4.78 is 4.82. The smallest absolute Gasteiger partial charge is 0.305 e. The summed E-state index contributed by atoms with van der Waals surface area (Å²) in [4.78, 5) is 23.8. The van der Waals surface area contributed by atoms with Crippen LogP contribution in [0.1, 0.15) is 78.6 Å². The molecule has 0 bridgehead atoms. The highest BCUT2D eigenvalue weighted by Crippen LogP contribution is 2.68. The molecule has 0 aliphatic heterocycles. The molecule has 2 N–H and O–H groups in total. The number of aliphatic hydroxyl groups excluding tert-OH is 2. The summed E-state index contributed by atoms with van der Waals surface area (Å²) in [5, 5.41) is 22.8. The van der Waals surface area contributed by atoms with Crippen LogP contribution in [-0.2, 0) is 14.3 Å². The molecule has 0 radical (unpaired) electrons. The van der Waals surface area contributed by atoms with Gasteiger partial charge >= 0.3 is 5.97 Å². The van der Waals surface area contributed by atoms with Crippen LogP contribution in [0, 0.1) is 46.3 Å². The molecule has 0 heterocycles. The molecule has 0 unspecified atom stereocenters. The van der Waals surface area contributed by atoms with E-state index < -0.39 is 6.10 Å². The van der Waals surface area contributed by atoms with E-state index in [-0.39, 0.29) is 40.7 Å². The fraction of sp³-hybridized carbons (Fsp3) is 0.920. The van der Waals surface area contributed by atoms with E-state index >= 15 is 0 Å². The van der Waals surface area contributed by atoms with E-state index in [1.807, 2.05) is 0 Å². The molecule has 0 aromatic carbocycles. The van der Waals surface area contributed by atoms with Gasteiger partial charge in [0.15, 0.2) is 0 Å². The monoisotopic (exact) mass is 420 g/mol. The zero-order valence-electron chi connectivity index (χ0n) is 19.1. The molecule has 4 aliphatic carbocycles. The van der Waals surface area contributed by atoms with Gasteiger partial charge in [-0.3, -0.25) is 9.59 Å². The molecule has 4 fully saturated rings. The molecule has 0 aromatic heterocycles. The summed E-state index contributed by atoms with van der Waals surface area (Å²) in [6.07, 6.45) is 6.15. The summed E-state index contributed by atoms with van der Waals surface area (Å²) >= 11 is 0. The lowest BCUT2D eigenvalue weighted by Crippen LogP contribution is -2.62. The molecule has 0 saturated heterocycles. The van der Waals surface area contributed by atoms with E-state index in [1.165, 1.54) is 7.11 Å². The van der Waals surface area contributed by atoms with E-state index in [9.17, 15) is 19.8 Å². The van der Waals surface area contributed by atoms with Crippen molar-refractivity contribution < 1.29 is 24.5 Å². The number of hydrogen-bond acceptors (Lipinski definition) is 5. The first kappa shape index (κ1) is 22.3. The minimum Gasteiger partial charge on any atom is -0.469 e. The molecule has 0 aromatic rings. The Hall–Kier alpha value is -0.940. The molecule has 5 nitrogen and oxygen atoms in total. The van der Waals surface area contributed by atoms with Gasteiger partial charge in [0.1, 0.15) is 5.78 Å². The number of ether oxygens (including phenoxy) is 1. The highest BCUT2D eigenvalue weighted by molar-refractivity contribution is 5.79. The minimum absolute atomic E-state index is 0.0503. The lowest BCUT2D eigenvalue weighted by Gasteiger charge is -2.63. The van der Waals surface area contributed by atoms with Crippen LogP contribution in [0.15, 0.2) is 0 Å². The van der Waals surface area contributed by atoms with Gasteiger partial charge in [0.25, 0.3) is 0 Å². The number of Topliss-reactive ketones (excluding diaryl/α,β-unsaturated/α-hetero) is 1. The van der Waals surface area contributed by atoms with E-state index in [2.05, 4.69) is 20.8 Å². The number of carbonyl (C=O) groups excluding carboxylic acids is 2. The summed E-state index contributed by atoms with van der Waals surface area (Å²) in [5.74, 6) is 1.92. The average molecular weight is 421 g/mol. The van der Waals surface area contributed by atoms with E-state index in [4.69, 9.17) is 4.74 Å². The second kappa shape index (κ2) is 7.88. The third-order valence-electron chi connectivity index (χ3n) is 10.4. The first-order valence-corrected chi connectivity index (χ1v) is 12.1. The molecule has 4 rings (SSSR count). The minimum atomic E-state index is -0.391. The quantitative estimate of drug-likeness (QED) is 0.677. The predicted octanol–water partition coefficient (Wildman–Crippen LogP) is 3.75. The van der Waals surface area contributed by atoms with Crippen LogP contribution in [0.25, 0.3) is 0 Å². The van der Waals surface area contributed by atoms with Crippen LogP contribution in [0.3, 0.4) is 0 Å². The predicted molar refractivity (Wildman–Crippen MR) is 113 cm³/mol. The van der Waals surface area contributed by atoms with Gasteiger partial charge in [0.05, 0.1) is 19.3 Å². The van der Waals surface area contributed by atoms with E-state index in [0.29, 0.717) is 42.8 Å². The molecule has 0 spiro atoms. The largest absolute Gasteiger partial charge is 0.469 e. The van der Waals surface area contributed by atoms with Crippen LogP contribution < -0.4 is 0 Å². The fourth-order valence-corrected chi connectivity index (χ4v) is 8.59. The number of fused-ring (bicyclic) bond motifs is 5.